The van der Waals surface area contributed by atoms with Crippen molar-refractivity contribution in [1.82, 2.24) is 24.1 Å². The van der Waals surface area contributed by atoms with E-state index in [1.54, 1.807) is 0 Å². The van der Waals surface area contributed by atoms with E-state index in [-0.39, 0.29) is 0 Å². The van der Waals surface area contributed by atoms with Crippen LogP contribution in [0, 0.1) is 0 Å². The monoisotopic (exact) mass is 819 g/mol. The lowest BCUT2D eigenvalue weighted by Crippen LogP contribution is -2.07. The predicted octanol–water partition coefficient (Wildman–Crippen LogP) is 14.9. The number of hydrogen-bond donors (Lipinski definition) is 0. The molecule has 14 aromatic rings. The molecular formula is C57H33N5O2. The third-order valence-corrected chi connectivity index (χ3v) is 12.8. The molecule has 0 aliphatic rings. The topological polar surface area (TPSA) is 74.8 Å². The first-order valence-corrected chi connectivity index (χ1v) is 21.4. The molecule has 64 heavy (non-hydrogen) atoms. The second kappa shape index (κ2) is 13.3. The van der Waals surface area contributed by atoms with E-state index >= 15 is 0 Å². The fourth-order valence-electron chi connectivity index (χ4n) is 10.0. The molecule has 0 spiro atoms. The fraction of sp³-hybridized carbons (Fsp3) is 0. The van der Waals surface area contributed by atoms with E-state index in [1.165, 1.54) is 0 Å². The van der Waals surface area contributed by atoms with Crippen LogP contribution in [0.25, 0.3) is 133 Å². The van der Waals surface area contributed by atoms with Crippen LogP contribution in [0.3, 0.4) is 0 Å². The van der Waals surface area contributed by atoms with E-state index in [2.05, 4.69) is 149 Å². The highest BCUT2D eigenvalue weighted by Gasteiger charge is 2.25. The summed E-state index contributed by atoms with van der Waals surface area (Å²) < 4.78 is 17.7. The van der Waals surface area contributed by atoms with Crippen LogP contribution in [0.1, 0.15) is 0 Å². The Labute approximate surface area is 364 Å². The number of para-hydroxylation sites is 4. The highest BCUT2D eigenvalue weighted by atomic mass is 16.3. The smallest absolute Gasteiger partial charge is 0.238 e. The van der Waals surface area contributed by atoms with E-state index in [0.717, 1.165) is 115 Å². The number of fused-ring (bicyclic) bond motifs is 13. The van der Waals surface area contributed by atoms with Gasteiger partial charge < -0.3 is 13.4 Å². The molecule has 0 amide bonds. The molecule has 7 heteroatoms. The van der Waals surface area contributed by atoms with Crippen LogP contribution in [0.15, 0.2) is 209 Å². The Bertz CT molecular complexity index is 4200. The van der Waals surface area contributed by atoms with Gasteiger partial charge in [0.1, 0.15) is 22.3 Å². The van der Waals surface area contributed by atoms with Crippen molar-refractivity contribution in [1.29, 1.82) is 0 Å². The van der Waals surface area contributed by atoms with Crippen molar-refractivity contribution in [3.63, 3.8) is 0 Å². The summed E-state index contributed by atoms with van der Waals surface area (Å²) >= 11 is 0. The van der Waals surface area contributed by atoms with Crippen molar-refractivity contribution in [2.24, 2.45) is 0 Å². The number of aromatic nitrogens is 5. The summed E-state index contributed by atoms with van der Waals surface area (Å²) in [5, 5.41) is 8.57. The lowest BCUT2D eigenvalue weighted by atomic mass is 10.0. The summed E-state index contributed by atoms with van der Waals surface area (Å²) in [5.74, 6) is 1.66. The SMILES string of the molecule is c1ccc(-c2nc(-c3cccc4oc5ccccc5c34)nc(-n3c4ccccc4c4ccc5c6ccccc6n(-c6cc(-c7ccccc7)c7oc8ccccc8c7c6)c5c43)n2)cc1. The van der Waals surface area contributed by atoms with Gasteiger partial charge in [-0.25, -0.2) is 4.98 Å². The Morgan fingerprint density at radius 3 is 1.64 bits per heavy atom. The molecule has 0 atom stereocenters. The molecule has 0 saturated carbocycles. The molecule has 0 saturated heterocycles. The zero-order valence-electron chi connectivity index (χ0n) is 34.1. The summed E-state index contributed by atoms with van der Waals surface area (Å²) in [6.07, 6.45) is 0. The molecule has 0 bridgehead atoms. The largest absolute Gasteiger partial charge is 0.456 e. The molecule has 298 valence electrons. The quantitative estimate of drug-likeness (QED) is 0.173. The van der Waals surface area contributed by atoms with Crippen LogP contribution in [-0.4, -0.2) is 24.1 Å². The Balaban J connectivity index is 1.14. The molecule has 0 radical (unpaired) electrons. The fourth-order valence-corrected chi connectivity index (χ4v) is 10.0. The van der Waals surface area contributed by atoms with Gasteiger partial charge in [-0.2, -0.15) is 9.97 Å². The van der Waals surface area contributed by atoms with Gasteiger partial charge in [0.15, 0.2) is 11.6 Å². The van der Waals surface area contributed by atoms with Crippen LogP contribution in [0.4, 0.5) is 0 Å². The molecule has 0 aliphatic heterocycles. The summed E-state index contributed by atoms with van der Waals surface area (Å²) in [5.41, 5.74) is 12.3. The first kappa shape index (κ1) is 34.9. The average Bonchev–Trinajstić information content (AvgIpc) is 4.12. The Hall–Kier alpha value is -8.81. The maximum absolute atomic E-state index is 6.67. The zero-order chi connectivity index (χ0) is 41.9. The van der Waals surface area contributed by atoms with Gasteiger partial charge in [0.2, 0.25) is 5.95 Å². The van der Waals surface area contributed by atoms with Crippen LogP contribution in [-0.2, 0) is 0 Å². The summed E-state index contributed by atoms with van der Waals surface area (Å²) in [4.78, 5) is 16.1. The van der Waals surface area contributed by atoms with Gasteiger partial charge in [-0.15, -0.1) is 0 Å². The minimum atomic E-state index is 0.519. The lowest BCUT2D eigenvalue weighted by molar-refractivity contribution is 0.669. The van der Waals surface area contributed by atoms with Gasteiger partial charge in [0.05, 0.1) is 22.1 Å². The third kappa shape index (κ3) is 5.00. The molecule has 7 nitrogen and oxygen atoms in total. The predicted molar refractivity (Wildman–Crippen MR) is 259 cm³/mol. The van der Waals surface area contributed by atoms with Crippen molar-refractivity contribution in [3.05, 3.63) is 200 Å². The minimum absolute atomic E-state index is 0.519. The van der Waals surface area contributed by atoms with E-state index in [4.69, 9.17) is 23.8 Å². The molecule has 5 aromatic heterocycles. The average molecular weight is 820 g/mol. The lowest BCUT2D eigenvalue weighted by Gasteiger charge is -2.14. The van der Waals surface area contributed by atoms with Gasteiger partial charge in [-0.05, 0) is 48.0 Å². The minimum Gasteiger partial charge on any atom is -0.456 e. The first-order valence-electron chi connectivity index (χ1n) is 21.4. The maximum Gasteiger partial charge on any atom is 0.238 e. The number of hydrogen-bond acceptors (Lipinski definition) is 5. The number of furan rings is 2. The van der Waals surface area contributed by atoms with Crippen LogP contribution in [0.5, 0.6) is 0 Å². The maximum atomic E-state index is 6.67. The van der Waals surface area contributed by atoms with Crippen LogP contribution in [0.2, 0.25) is 0 Å². The molecule has 0 aliphatic carbocycles. The van der Waals surface area contributed by atoms with Gasteiger partial charge in [0, 0.05) is 65.5 Å². The third-order valence-electron chi connectivity index (χ3n) is 12.8. The van der Waals surface area contributed by atoms with Gasteiger partial charge >= 0.3 is 0 Å². The van der Waals surface area contributed by atoms with E-state index in [0.29, 0.717) is 17.6 Å². The molecular weight excluding hydrogens is 787 g/mol. The molecule has 5 heterocycles. The van der Waals surface area contributed by atoms with Crippen molar-refractivity contribution in [3.8, 4) is 45.5 Å². The standard InChI is InChI=1S/C57H33N5O2/c1-3-16-34(17-4-1)44-32-36(33-45-39-22-9-13-27-48(39)64-54(44)45)61-46-25-11-7-20-37(46)40-30-31-41-38-21-8-12-26-47(38)62(53(41)52(40)61)57-59-55(35-18-5-2-6-19-35)58-56(60-57)43-24-15-29-50-51(43)42-23-10-14-28-49(42)63-50/h1-33H. The highest BCUT2D eigenvalue weighted by Crippen LogP contribution is 2.45. The second-order valence-electron chi connectivity index (χ2n) is 16.3. The number of rotatable bonds is 5. The van der Waals surface area contributed by atoms with Crippen LogP contribution >= 0.6 is 0 Å². The van der Waals surface area contributed by atoms with E-state index in [9.17, 15) is 0 Å². The van der Waals surface area contributed by atoms with Crippen molar-refractivity contribution in [2.45, 2.75) is 0 Å². The Kier molecular flexibility index (Phi) is 7.27. The van der Waals surface area contributed by atoms with E-state index < -0.39 is 0 Å². The molecule has 14 rings (SSSR count). The molecule has 0 N–H and O–H groups in total. The van der Waals surface area contributed by atoms with Gasteiger partial charge in [-0.3, -0.25) is 4.57 Å². The number of nitrogens with zero attached hydrogens (tertiary/aromatic N) is 5. The summed E-state index contributed by atoms with van der Waals surface area (Å²) in [7, 11) is 0. The molecule has 0 unspecified atom stereocenters. The molecule has 9 aromatic carbocycles. The van der Waals surface area contributed by atoms with Crippen molar-refractivity contribution in [2.75, 3.05) is 0 Å². The van der Waals surface area contributed by atoms with Crippen molar-refractivity contribution >= 4 is 87.5 Å². The normalized spacial score (nSPS) is 12.1. The first-order chi connectivity index (χ1) is 31.7. The Morgan fingerprint density at radius 2 is 0.906 bits per heavy atom. The zero-order valence-corrected chi connectivity index (χ0v) is 34.1. The summed E-state index contributed by atoms with van der Waals surface area (Å²) in [6.45, 7) is 0. The summed E-state index contributed by atoms with van der Waals surface area (Å²) in [6, 6.07) is 69.6. The van der Waals surface area contributed by atoms with Gasteiger partial charge in [-0.1, -0.05) is 158 Å². The molecule has 0 fully saturated rings. The number of benzene rings is 9. The van der Waals surface area contributed by atoms with Gasteiger partial charge in [0.25, 0.3) is 0 Å². The van der Waals surface area contributed by atoms with E-state index in [1.807, 2.05) is 60.7 Å². The Morgan fingerprint density at radius 1 is 0.344 bits per heavy atom. The van der Waals surface area contributed by atoms with Crippen LogP contribution < -0.4 is 0 Å². The second-order valence-corrected chi connectivity index (χ2v) is 16.3. The highest BCUT2D eigenvalue weighted by molar-refractivity contribution is 6.24. The van der Waals surface area contributed by atoms with Crippen molar-refractivity contribution < 1.29 is 8.83 Å².